The van der Waals surface area contributed by atoms with Crippen molar-refractivity contribution in [3.05, 3.63) is 46.3 Å². The zero-order valence-corrected chi connectivity index (χ0v) is 13.3. The van der Waals surface area contributed by atoms with Crippen LogP contribution in [0.25, 0.3) is 10.4 Å². The van der Waals surface area contributed by atoms with Gasteiger partial charge in [0.2, 0.25) is 0 Å². The molecule has 0 aliphatic carbocycles. The van der Waals surface area contributed by atoms with Crippen molar-refractivity contribution < 1.29 is 24.2 Å². The van der Waals surface area contributed by atoms with Crippen LogP contribution in [0.4, 0.5) is 4.79 Å². The van der Waals surface area contributed by atoms with Gasteiger partial charge in [0, 0.05) is 4.91 Å². The number of rotatable bonds is 9. The quantitative estimate of drug-likeness (QED) is 0.307. The molecule has 1 rings (SSSR count). The Morgan fingerprint density at radius 1 is 1.33 bits per heavy atom. The van der Waals surface area contributed by atoms with Gasteiger partial charge in [0.05, 0.1) is 19.8 Å². The molecule has 1 amide bonds. The highest BCUT2D eigenvalue weighted by Crippen LogP contribution is 2.06. The summed E-state index contributed by atoms with van der Waals surface area (Å²) in [6.07, 6.45) is -1.40. The second-order valence-electron chi connectivity index (χ2n) is 4.93. The predicted octanol–water partition coefficient (Wildman–Crippen LogP) is 1.91. The van der Waals surface area contributed by atoms with Gasteiger partial charge in [-0.2, -0.15) is 0 Å². The number of benzene rings is 1. The van der Waals surface area contributed by atoms with E-state index in [4.69, 9.17) is 10.3 Å². The fraction of sp³-hybridized carbons (Fsp3) is 0.467. The molecule has 9 nitrogen and oxygen atoms in total. The van der Waals surface area contributed by atoms with Gasteiger partial charge in [0.1, 0.15) is 12.6 Å². The maximum Gasteiger partial charge on any atom is 0.408 e. The van der Waals surface area contributed by atoms with Crippen molar-refractivity contribution in [2.24, 2.45) is 5.11 Å². The van der Waals surface area contributed by atoms with Crippen molar-refractivity contribution in [3.63, 3.8) is 0 Å². The third-order valence-corrected chi connectivity index (χ3v) is 3.13. The number of amides is 1. The van der Waals surface area contributed by atoms with Crippen LogP contribution < -0.4 is 5.32 Å². The summed E-state index contributed by atoms with van der Waals surface area (Å²) in [6.45, 7) is -0.0388. The van der Waals surface area contributed by atoms with Gasteiger partial charge >= 0.3 is 12.1 Å². The van der Waals surface area contributed by atoms with E-state index in [1.165, 1.54) is 7.11 Å². The van der Waals surface area contributed by atoms with Gasteiger partial charge in [-0.3, -0.25) is 0 Å². The largest absolute Gasteiger partial charge is 0.467 e. The molecule has 2 atom stereocenters. The molecule has 0 heterocycles. The highest BCUT2D eigenvalue weighted by Gasteiger charge is 2.23. The van der Waals surface area contributed by atoms with E-state index >= 15 is 0 Å². The van der Waals surface area contributed by atoms with Crippen LogP contribution >= 0.6 is 0 Å². The van der Waals surface area contributed by atoms with E-state index in [0.717, 1.165) is 5.56 Å². The highest BCUT2D eigenvalue weighted by atomic mass is 16.6. The Hall–Kier alpha value is -2.77. The number of esters is 1. The van der Waals surface area contributed by atoms with Crippen LogP contribution in [0.5, 0.6) is 0 Å². The predicted molar refractivity (Wildman–Crippen MR) is 84.8 cm³/mol. The summed E-state index contributed by atoms with van der Waals surface area (Å²) < 4.78 is 9.65. The van der Waals surface area contributed by atoms with Gasteiger partial charge in [-0.25, -0.2) is 9.59 Å². The minimum Gasteiger partial charge on any atom is -0.467 e. The van der Waals surface area contributed by atoms with E-state index in [1.54, 1.807) is 12.1 Å². The zero-order valence-electron chi connectivity index (χ0n) is 13.3. The molecule has 1 aromatic rings. The monoisotopic (exact) mass is 336 g/mol. The molecular formula is C15H20N4O5. The second kappa shape index (κ2) is 10.9. The smallest absolute Gasteiger partial charge is 0.408 e. The first kappa shape index (κ1) is 19.3. The lowest BCUT2D eigenvalue weighted by Crippen LogP contribution is -2.42. The molecule has 2 N–H and O–H groups in total. The van der Waals surface area contributed by atoms with Crippen molar-refractivity contribution in [3.8, 4) is 0 Å². The molecule has 0 aliphatic heterocycles. The van der Waals surface area contributed by atoms with Crippen LogP contribution in [0.15, 0.2) is 35.4 Å². The summed E-state index contributed by atoms with van der Waals surface area (Å²) in [5.74, 6) is -0.650. The van der Waals surface area contributed by atoms with E-state index in [0.29, 0.717) is 0 Å². The van der Waals surface area contributed by atoms with Crippen molar-refractivity contribution in [2.45, 2.75) is 31.6 Å². The van der Waals surface area contributed by atoms with E-state index in [2.05, 4.69) is 20.1 Å². The molecule has 0 aliphatic rings. The van der Waals surface area contributed by atoms with E-state index in [-0.39, 0.29) is 26.0 Å². The Kier molecular flexibility index (Phi) is 8.73. The number of carbonyl (C=O) groups is 2. The first-order valence-corrected chi connectivity index (χ1v) is 7.30. The summed E-state index contributed by atoms with van der Waals surface area (Å²) in [6, 6.07) is 8.13. The topological polar surface area (TPSA) is 134 Å². The molecule has 0 fully saturated rings. The van der Waals surface area contributed by atoms with E-state index in [9.17, 15) is 14.7 Å². The van der Waals surface area contributed by atoms with Crippen LogP contribution in [0.3, 0.4) is 0 Å². The van der Waals surface area contributed by atoms with Gasteiger partial charge in [-0.15, -0.1) is 0 Å². The maximum absolute atomic E-state index is 11.8. The van der Waals surface area contributed by atoms with Crippen LogP contribution in [-0.2, 0) is 20.9 Å². The normalized spacial score (nSPS) is 12.4. The van der Waals surface area contributed by atoms with Gasteiger partial charge in [-0.1, -0.05) is 35.4 Å². The van der Waals surface area contributed by atoms with Gasteiger partial charge in [0.25, 0.3) is 0 Å². The number of hydrogen-bond acceptors (Lipinski definition) is 6. The molecule has 0 aromatic heterocycles. The number of azide groups is 1. The molecule has 0 saturated carbocycles. The highest BCUT2D eigenvalue weighted by molar-refractivity contribution is 5.81. The molecule has 0 spiro atoms. The van der Waals surface area contributed by atoms with Crippen LogP contribution in [0.1, 0.15) is 18.4 Å². The molecule has 24 heavy (non-hydrogen) atoms. The molecule has 0 radical (unpaired) electrons. The van der Waals surface area contributed by atoms with Crippen LogP contribution in [-0.4, -0.2) is 43.0 Å². The summed E-state index contributed by atoms with van der Waals surface area (Å²) in [7, 11) is 1.20. The number of nitrogens with zero attached hydrogens (tertiary/aromatic N) is 3. The number of aliphatic hydroxyl groups excluding tert-OH is 1. The first-order valence-electron chi connectivity index (χ1n) is 7.30. The maximum atomic E-state index is 11.8. The van der Waals surface area contributed by atoms with Crippen LogP contribution in [0, 0.1) is 0 Å². The number of hydrogen-bond donors (Lipinski definition) is 2. The summed E-state index contributed by atoms with van der Waals surface area (Å²) >= 11 is 0. The molecule has 130 valence electrons. The van der Waals surface area contributed by atoms with Crippen molar-refractivity contribution in [1.29, 1.82) is 0 Å². The zero-order chi connectivity index (χ0) is 17.8. The van der Waals surface area contributed by atoms with Crippen LogP contribution in [0.2, 0.25) is 0 Å². The number of alkyl carbamates (subject to hydrolysis) is 1. The molecule has 0 bridgehead atoms. The SMILES string of the molecule is COC(=O)[C@H](CC[C@H](O)CN=[N+]=[N-])NC(=O)OCc1ccccc1. The Morgan fingerprint density at radius 3 is 2.67 bits per heavy atom. The lowest BCUT2D eigenvalue weighted by Gasteiger charge is -2.17. The average molecular weight is 336 g/mol. The lowest BCUT2D eigenvalue weighted by atomic mass is 10.1. The number of ether oxygens (including phenoxy) is 2. The molecule has 0 saturated heterocycles. The Morgan fingerprint density at radius 2 is 2.04 bits per heavy atom. The minimum absolute atomic E-state index is 0.0695. The molecular weight excluding hydrogens is 316 g/mol. The number of methoxy groups -OCH3 is 1. The summed E-state index contributed by atoms with van der Waals surface area (Å²) in [5.41, 5.74) is 9.00. The van der Waals surface area contributed by atoms with E-state index in [1.807, 2.05) is 18.2 Å². The van der Waals surface area contributed by atoms with Gasteiger partial charge in [-0.05, 0) is 23.9 Å². The third kappa shape index (κ3) is 7.48. The van der Waals surface area contributed by atoms with Crippen molar-refractivity contribution in [1.82, 2.24) is 5.32 Å². The fourth-order valence-corrected chi connectivity index (χ4v) is 1.88. The van der Waals surface area contributed by atoms with Crippen molar-refractivity contribution >= 4 is 12.1 Å². The molecule has 1 aromatic carbocycles. The van der Waals surface area contributed by atoms with Crippen molar-refractivity contribution in [2.75, 3.05) is 13.7 Å². The number of aliphatic hydroxyl groups is 1. The summed E-state index contributed by atoms with van der Waals surface area (Å²) in [5, 5.41) is 15.2. The lowest BCUT2D eigenvalue weighted by molar-refractivity contribution is -0.143. The summed E-state index contributed by atoms with van der Waals surface area (Å²) in [4.78, 5) is 26.0. The number of nitrogens with one attached hydrogen (secondary N) is 1. The minimum atomic E-state index is -0.959. The number of carbonyl (C=O) groups excluding carboxylic acids is 2. The molecule has 9 heteroatoms. The standard InChI is InChI=1S/C15H20N4O5/c1-23-14(21)13(8-7-12(20)9-17-19-16)18-15(22)24-10-11-5-3-2-4-6-11/h2-6,12-13,20H,7-10H2,1H3,(H,18,22)/t12-,13-/m0/s1. The van der Waals surface area contributed by atoms with Gasteiger partial charge in [0.15, 0.2) is 0 Å². The first-order chi connectivity index (χ1) is 11.6. The van der Waals surface area contributed by atoms with E-state index < -0.39 is 24.2 Å². The molecule has 0 unspecified atom stereocenters. The average Bonchev–Trinajstić information content (AvgIpc) is 2.61. The Bertz CT molecular complexity index is 574. The second-order valence-corrected chi connectivity index (χ2v) is 4.93. The third-order valence-electron chi connectivity index (χ3n) is 3.13. The Balaban J connectivity index is 2.47. The Labute approximate surface area is 139 Å². The fourth-order valence-electron chi connectivity index (χ4n) is 1.88. The van der Waals surface area contributed by atoms with Gasteiger partial charge < -0.3 is 19.9 Å².